The van der Waals surface area contributed by atoms with Gasteiger partial charge in [0, 0.05) is 18.3 Å². The first-order valence-corrected chi connectivity index (χ1v) is 8.85. The van der Waals surface area contributed by atoms with E-state index < -0.39 is 0 Å². The highest BCUT2D eigenvalue weighted by atomic mass is 32.1. The van der Waals surface area contributed by atoms with E-state index in [2.05, 4.69) is 18.8 Å². The van der Waals surface area contributed by atoms with Crippen molar-refractivity contribution in [1.82, 2.24) is 9.88 Å². The van der Waals surface area contributed by atoms with Gasteiger partial charge < -0.3 is 9.64 Å². The summed E-state index contributed by atoms with van der Waals surface area (Å²) in [5.41, 5.74) is 0.934. The number of carbonyl (C=O) groups is 1. The number of thiazole rings is 1. The van der Waals surface area contributed by atoms with Crippen LogP contribution in [0.1, 0.15) is 37.9 Å². The molecule has 0 atom stereocenters. The van der Waals surface area contributed by atoms with Crippen molar-refractivity contribution in [3.05, 3.63) is 46.4 Å². The van der Waals surface area contributed by atoms with Gasteiger partial charge in [-0.1, -0.05) is 39.0 Å². The maximum absolute atomic E-state index is 12.0. The summed E-state index contributed by atoms with van der Waals surface area (Å²) < 4.78 is 5.71. The van der Waals surface area contributed by atoms with E-state index in [1.54, 1.807) is 11.3 Å². The second-order valence-electron chi connectivity index (χ2n) is 5.86. The Labute approximate surface area is 142 Å². The average molecular weight is 332 g/mol. The van der Waals surface area contributed by atoms with Crippen molar-refractivity contribution in [3.8, 4) is 5.75 Å². The molecule has 0 aliphatic heterocycles. The quantitative estimate of drug-likeness (QED) is 0.730. The molecule has 1 amide bonds. The summed E-state index contributed by atoms with van der Waals surface area (Å²) in [6.07, 6.45) is 0.529. The van der Waals surface area contributed by atoms with Gasteiger partial charge >= 0.3 is 0 Å². The van der Waals surface area contributed by atoms with Crippen molar-refractivity contribution in [1.29, 1.82) is 0 Å². The van der Waals surface area contributed by atoms with Crippen LogP contribution in [0.5, 0.6) is 5.75 Å². The van der Waals surface area contributed by atoms with Gasteiger partial charge in [-0.2, -0.15) is 0 Å². The molecule has 0 bridgehead atoms. The standard InChI is InChI=1S/C18H24N2O2S/c1-4-18(21)20(10-14(2)3)11-15-13-23-17(19-15)12-22-16-8-6-5-7-9-16/h5-9,13-14H,4,10-12H2,1-3H3. The number of aromatic nitrogens is 1. The van der Waals surface area contributed by atoms with Gasteiger partial charge in [0.15, 0.2) is 0 Å². The molecule has 1 aromatic heterocycles. The van der Waals surface area contributed by atoms with Crippen LogP contribution in [0.3, 0.4) is 0 Å². The van der Waals surface area contributed by atoms with Gasteiger partial charge in [0.2, 0.25) is 5.91 Å². The Morgan fingerprint density at radius 1 is 1.30 bits per heavy atom. The number of nitrogens with zero attached hydrogens (tertiary/aromatic N) is 2. The van der Waals surface area contributed by atoms with Crippen LogP contribution in [0, 0.1) is 5.92 Å². The molecule has 0 spiro atoms. The molecule has 0 fully saturated rings. The van der Waals surface area contributed by atoms with Crippen LogP contribution in [-0.4, -0.2) is 22.3 Å². The molecule has 2 aromatic rings. The van der Waals surface area contributed by atoms with Gasteiger partial charge in [0.25, 0.3) is 0 Å². The fourth-order valence-corrected chi connectivity index (χ4v) is 2.96. The number of ether oxygens (including phenoxy) is 1. The predicted molar refractivity (Wildman–Crippen MR) is 93.4 cm³/mol. The lowest BCUT2D eigenvalue weighted by Crippen LogP contribution is -2.33. The molecule has 1 aromatic carbocycles. The third kappa shape index (κ3) is 5.67. The highest BCUT2D eigenvalue weighted by molar-refractivity contribution is 7.09. The number of amides is 1. The number of para-hydroxylation sites is 1. The number of carbonyl (C=O) groups excluding carboxylic acids is 1. The van der Waals surface area contributed by atoms with Crippen molar-refractivity contribution in [2.45, 2.75) is 40.3 Å². The topological polar surface area (TPSA) is 42.4 Å². The van der Waals surface area contributed by atoms with Crippen LogP contribution in [-0.2, 0) is 17.9 Å². The van der Waals surface area contributed by atoms with Crippen LogP contribution in [0.15, 0.2) is 35.7 Å². The molecule has 23 heavy (non-hydrogen) atoms. The van der Waals surface area contributed by atoms with Crippen molar-refractivity contribution in [2.24, 2.45) is 5.92 Å². The van der Waals surface area contributed by atoms with Gasteiger partial charge in [0.1, 0.15) is 17.4 Å². The fraction of sp³-hybridized carbons (Fsp3) is 0.444. The third-order valence-corrected chi connectivity index (χ3v) is 4.17. The zero-order chi connectivity index (χ0) is 16.7. The van der Waals surface area contributed by atoms with E-state index in [1.165, 1.54) is 0 Å². The molecular weight excluding hydrogens is 308 g/mol. The van der Waals surface area contributed by atoms with Gasteiger partial charge in [-0.15, -0.1) is 11.3 Å². The van der Waals surface area contributed by atoms with E-state index in [-0.39, 0.29) is 5.91 Å². The number of hydrogen-bond acceptors (Lipinski definition) is 4. The summed E-state index contributed by atoms with van der Waals surface area (Å²) >= 11 is 1.57. The van der Waals surface area contributed by atoms with Gasteiger partial charge in [-0.3, -0.25) is 4.79 Å². The first kappa shape index (κ1) is 17.5. The van der Waals surface area contributed by atoms with E-state index in [1.807, 2.05) is 47.5 Å². The molecule has 124 valence electrons. The zero-order valence-electron chi connectivity index (χ0n) is 14.0. The lowest BCUT2D eigenvalue weighted by molar-refractivity contribution is -0.132. The van der Waals surface area contributed by atoms with E-state index in [0.29, 0.717) is 25.5 Å². The lowest BCUT2D eigenvalue weighted by atomic mass is 10.2. The Balaban J connectivity index is 1.93. The van der Waals surface area contributed by atoms with E-state index in [4.69, 9.17) is 4.74 Å². The first-order valence-electron chi connectivity index (χ1n) is 7.97. The Morgan fingerprint density at radius 2 is 2.04 bits per heavy atom. The predicted octanol–water partition coefficient (Wildman–Crippen LogP) is 4.12. The minimum absolute atomic E-state index is 0.175. The molecule has 0 N–H and O–H groups in total. The van der Waals surface area contributed by atoms with Gasteiger partial charge in [0.05, 0.1) is 12.2 Å². The molecule has 0 radical (unpaired) electrons. The summed E-state index contributed by atoms with van der Waals surface area (Å²) in [4.78, 5) is 18.5. The van der Waals surface area contributed by atoms with Crippen LogP contribution in [0.2, 0.25) is 0 Å². The zero-order valence-corrected chi connectivity index (χ0v) is 14.8. The normalized spacial score (nSPS) is 10.8. The highest BCUT2D eigenvalue weighted by Gasteiger charge is 2.15. The minimum Gasteiger partial charge on any atom is -0.486 e. The molecular formula is C18H24N2O2S. The lowest BCUT2D eigenvalue weighted by Gasteiger charge is -2.23. The Bertz CT molecular complexity index is 610. The van der Waals surface area contributed by atoms with Crippen LogP contribution in [0.4, 0.5) is 0 Å². The van der Waals surface area contributed by atoms with Gasteiger partial charge in [-0.05, 0) is 18.1 Å². The Hall–Kier alpha value is -1.88. The fourth-order valence-electron chi connectivity index (χ4n) is 2.26. The second kappa shape index (κ2) is 8.67. The summed E-state index contributed by atoms with van der Waals surface area (Å²) in [7, 11) is 0. The summed E-state index contributed by atoms with van der Waals surface area (Å²) in [5, 5.41) is 2.94. The average Bonchev–Trinajstić information content (AvgIpc) is 2.99. The minimum atomic E-state index is 0.175. The van der Waals surface area contributed by atoms with Crippen molar-refractivity contribution in [3.63, 3.8) is 0 Å². The van der Waals surface area contributed by atoms with Gasteiger partial charge in [-0.25, -0.2) is 4.98 Å². The Kier molecular flexibility index (Phi) is 6.59. The largest absolute Gasteiger partial charge is 0.486 e. The SMILES string of the molecule is CCC(=O)N(Cc1csc(COc2ccccc2)n1)CC(C)C. The molecule has 2 rings (SSSR count). The first-order chi connectivity index (χ1) is 11.1. The molecule has 0 unspecified atom stereocenters. The van der Waals surface area contributed by atoms with Crippen LogP contribution in [0.25, 0.3) is 0 Å². The van der Waals surface area contributed by atoms with E-state index in [9.17, 15) is 4.79 Å². The molecule has 1 heterocycles. The van der Waals surface area contributed by atoms with Crippen LogP contribution >= 0.6 is 11.3 Å². The number of rotatable bonds is 8. The van der Waals surface area contributed by atoms with E-state index >= 15 is 0 Å². The Morgan fingerprint density at radius 3 is 2.70 bits per heavy atom. The third-order valence-electron chi connectivity index (χ3n) is 3.30. The number of benzene rings is 1. The van der Waals surface area contributed by atoms with Crippen molar-refractivity contribution < 1.29 is 9.53 Å². The number of hydrogen-bond donors (Lipinski definition) is 0. The molecule has 5 heteroatoms. The van der Waals surface area contributed by atoms with E-state index in [0.717, 1.165) is 23.0 Å². The molecule has 0 saturated carbocycles. The second-order valence-corrected chi connectivity index (χ2v) is 6.80. The summed E-state index contributed by atoms with van der Waals surface area (Å²) in [6, 6.07) is 9.71. The summed E-state index contributed by atoms with van der Waals surface area (Å²) in [5.74, 6) is 1.46. The molecule has 0 saturated heterocycles. The van der Waals surface area contributed by atoms with Crippen molar-refractivity contribution >= 4 is 17.2 Å². The molecule has 4 nitrogen and oxygen atoms in total. The maximum Gasteiger partial charge on any atom is 0.222 e. The monoisotopic (exact) mass is 332 g/mol. The highest BCUT2D eigenvalue weighted by Crippen LogP contribution is 2.16. The van der Waals surface area contributed by atoms with Crippen LogP contribution < -0.4 is 4.74 Å². The molecule has 0 aliphatic carbocycles. The molecule has 0 aliphatic rings. The van der Waals surface area contributed by atoms with Crippen molar-refractivity contribution in [2.75, 3.05) is 6.54 Å². The smallest absolute Gasteiger partial charge is 0.222 e. The summed E-state index contributed by atoms with van der Waals surface area (Å²) in [6.45, 7) is 7.94. The maximum atomic E-state index is 12.0.